The Kier molecular flexibility index (Phi) is 41.6. The first-order chi connectivity index (χ1) is 15.2. The summed E-state index contributed by atoms with van der Waals surface area (Å²) in [4.78, 5) is 10.2. The quantitative estimate of drug-likeness (QED) is 0.122. The van der Waals surface area contributed by atoms with Crippen LogP contribution in [0.25, 0.3) is 0 Å². The molecule has 0 unspecified atom stereocenters. The van der Waals surface area contributed by atoms with Gasteiger partial charge in [-0.25, -0.2) is 0 Å². The molecular weight excluding hydrogens is 428 g/mol. The smallest absolute Gasteiger partial charge is 0.303 e. The molecule has 0 heterocycles. The molecule has 0 atom stereocenters. The van der Waals surface area contributed by atoms with E-state index in [-0.39, 0.29) is 39.6 Å². The molecule has 0 spiro atoms. The lowest BCUT2D eigenvalue weighted by atomic mass is 10.1. The van der Waals surface area contributed by atoms with Gasteiger partial charge in [-0.05, 0) is 6.42 Å². The second kappa shape index (κ2) is 34.7. The van der Waals surface area contributed by atoms with Gasteiger partial charge >= 0.3 is 5.97 Å². The molecule has 0 aliphatic carbocycles. The number of carboxylic acid groups (broad SMARTS) is 1. The van der Waals surface area contributed by atoms with E-state index < -0.39 is 24.3 Å². The Morgan fingerprint density at radius 1 is 0.531 bits per heavy atom. The van der Waals surface area contributed by atoms with Crippen LogP contribution in [-0.2, 0) is 4.79 Å². The average Bonchev–Trinajstić information content (AvgIpc) is 2.82. The number of aliphatic hydroxyl groups excluding tert-OH is 9. The predicted molar refractivity (Wildman–Crippen MR) is 120 cm³/mol. The second-order valence-corrected chi connectivity index (χ2v) is 7.03. The van der Waals surface area contributed by atoms with Crippen molar-refractivity contribution in [2.24, 2.45) is 0 Å². The van der Waals surface area contributed by atoms with Gasteiger partial charge in [0, 0.05) is 6.42 Å². The summed E-state index contributed by atoms with van der Waals surface area (Å²) in [5.41, 5.74) is 0. The highest BCUT2D eigenvalue weighted by molar-refractivity contribution is 5.66. The molecule has 0 fully saturated rings. The van der Waals surface area contributed by atoms with E-state index in [1.54, 1.807) is 0 Å². The van der Waals surface area contributed by atoms with Crippen molar-refractivity contribution >= 4 is 5.97 Å². The van der Waals surface area contributed by atoms with Gasteiger partial charge in [0.25, 0.3) is 0 Å². The summed E-state index contributed by atoms with van der Waals surface area (Å²) in [5.74, 6) is -0.659. The van der Waals surface area contributed by atoms with Crippen LogP contribution in [0.3, 0.4) is 0 Å². The van der Waals surface area contributed by atoms with Crippen molar-refractivity contribution in [1.29, 1.82) is 0 Å². The Balaban J connectivity index is -0.000000182. The lowest BCUT2D eigenvalue weighted by molar-refractivity contribution is -0.137. The van der Waals surface area contributed by atoms with Crippen molar-refractivity contribution in [3.8, 4) is 0 Å². The first-order valence-corrected chi connectivity index (χ1v) is 11.1. The van der Waals surface area contributed by atoms with E-state index in [9.17, 15) is 4.79 Å². The molecule has 198 valence electrons. The van der Waals surface area contributed by atoms with Gasteiger partial charge < -0.3 is 51.1 Å². The maximum Gasteiger partial charge on any atom is 0.303 e. The van der Waals surface area contributed by atoms with Crippen LogP contribution in [0.1, 0.15) is 71.1 Å². The summed E-state index contributed by atoms with van der Waals surface area (Å²) < 4.78 is 0. The van der Waals surface area contributed by atoms with Gasteiger partial charge in [-0.15, -0.1) is 0 Å². The molecule has 10 N–H and O–H groups in total. The first-order valence-electron chi connectivity index (χ1n) is 11.1. The van der Waals surface area contributed by atoms with Crippen molar-refractivity contribution < 1.29 is 55.9 Å². The highest BCUT2D eigenvalue weighted by Gasteiger charge is 1.96. The topological polar surface area (TPSA) is 219 Å². The van der Waals surface area contributed by atoms with Gasteiger partial charge in [0.15, 0.2) is 0 Å². The largest absolute Gasteiger partial charge is 0.481 e. The first kappa shape index (κ1) is 38.4. The molecule has 0 aliphatic rings. The van der Waals surface area contributed by atoms with E-state index in [0.717, 1.165) is 12.8 Å². The van der Waals surface area contributed by atoms with Crippen LogP contribution in [0.2, 0.25) is 0 Å². The average molecular weight is 477 g/mol. The molecule has 0 aromatic rings. The van der Waals surface area contributed by atoms with Crippen molar-refractivity contribution in [3.63, 3.8) is 0 Å². The Morgan fingerprint density at radius 3 is 0.969 bits per heavy atom. The molecule has 0 aromatic carbocycles. The number of aliphatic carboxylic acids is 1. The van der Waals surface area contributed by atoms with Gasteiger partial charge in [0.2, 0.25) is 0 Å². The number of unbranched alkanes of at least 4 members (excludes halogenated alkanes) is 8. The fraction of sp³-hybridized carbons (Fsp3) is 0.952. The summed E-state index contributed by atoms with van der Waals surface area (Å²) in [6.07, 6.45) is 8.62. The number of carbonyl (C=O) groups is 1. The van der Waals surface area contributed by atoms with Crippen molar-refractivity contribution in [1.82, 2.24) is 0 Å². The van der Waals surface area contributed by atoms with E-state index in [2.05, 4.69) is 6.92 Å². The predicted octanol–water partition coefficient (Wildman–Crippen LogP) is -1.01. The lowest BCUT2D eigenvalue weighted by Crippen LogP contribution is -2.15. The van der Waals surface area contributed by atoms with E-state index >= 15 is 0 Å². The number of aliphatic hydroxyl groups is 9. The molecule has 0 aromatic heterocycles. The molecule has 0 bridgehead atoms. The molecule has 0 rings (SSSR count). The normalized spacial score (nSPS) is 10.2. The maximum atomic E-state index is 10.2. The third-order valence-electron chi connectivity index (χ3n) is 3.76. The van der Waals surface area contributed by atoms with E-state index in [1.807, 2.05) is 0 Å². The zero-order valence-electron chi connectivity index (χ0n) is 19.4. The van der Waals surface area contributed by atoms with Crippen LogP contribution >= 0.6 is 0 Å². The SMILES string of the molecule is CCCCCCCCCCCC(=O)O.OCC(O)CO.OCC(O)CO.OCC(O)CO. The van der Waals surface area contributed by atoms with Gasteiger partial charge in [-0.2, -0.15) is 0 Å². The highest BCUT2D eigenvalue weighted by atomic mass is 16.4. The van der Waals surface area contributed by atoms with Crippen LogP contribution in [-0.4, -0.2) is 115 Å². The van der Waals surface area contributed by atoms with Crippen molar-refractivity contribution in [2.75, 3.05) is 39.6 Å². The molecule has 0 saturated heterocycles. The highest BCUT2D eigenvalue weighted by Crippen LogP contribution is 2.10. The van der Waals surface area contributed by atoms with Crippen molar-refractivity contribution in [2.45, 2.75) is 89.4 Å². The number of rotatable bonds is 16. The molecule has 11 nitrogen and oxygen atoms in total. The zero-order chi connectivity index (χ0) is 25.6. The number of hydrogen-bond acceptors (Lipinski definition) is 10. The zero-order valence-corrected chi connectivity index (χ0v) is 19.4. The minimum Gasteiger partial charge on any atom is -0.481 e. The van der Waals surface area contributed by atoms with Crippen LogP contribution < -0.4 is 0 Å². The monoisotopic (exact) mass is 476 g/mol. The van der Waals surface area contributed by atoms with E-state index in [0.29, 0.717) is 6.42 Å². The van der Waals surface area contributed by atoms with Gasteiger partial charge in [-0.1, -0.05) is 58.3 Å². The molecule has 32 heavy (non-hydrogen) atoms. The van der Waals surface area contributed by atoms with E-state index in [4.69, 9.17) is 51.1 Å². The third kappa shape index (κ3) is 47.1. The Hall–Kier alpha value is -0.890. The molecule has 11 heteroatoms. The number of carboxylic acids is 1. The number of hydrogen-bond donors (Lipinski definition) is 10. The summed E-state index contributed by atoms with van der Waals surface area (Å²) >= 11 is 0. The Morgan fingerprint density at radius 2 is 0.781 bits per heavy atom. The minimum atomic E-state index is -0.954. The molecule has 0 saturated carbocycles. The van der Waals surface area contributed by atoms with Gasteiger partial charge in [-0.3, -0.25) is 4.79 Å². The van der Waals surface area contributed by atoms with Crippen LogP contribution in [0, 0.1) is 0 Å². The summed E-state index contributed by atoms with van der Waals surface area (Å²) in [5, 5.41) is 80.5. The van der Waals surface area contributed by atoms with Crippen LogP contribution in [0.15, 0.2) is 0 Å². The van der Waals surface area contributed by atoms with Crippen LogP contribution in [0.4, 0.5) is 0 Å². The third-order valence-corrected chi connectivity index (χ3v) is 3.76. The maximum absolute atomic E-state index is 10.2. The fourth-order valence-corrected chi connectivity index (χ4v) is 1.76. The molecular formula is C21H48O11. The van der Waals surface area contributed by atoms with Gasteiger partial charge in [0.1, 0.15) is 18.3 Å². The molecule has 0 radical (unpaired) electrons. The molecule has 0 amide bonds. The standard InChI is InChI=1S/C12H24O2.3C3H8O3/c1-2-3-4-5-6-7-8-9-10-11-12(13)14;3*4-1-3(6)2-5/h2-11H2,1H3,(H,13,14);3*3-6H,1-2H2. The van der Waals surface area contributed by atoms with Gasteiger partial charge in [0.05, 0.1) is 39.6 Å². The Bertz CT molecular complexity index is 297. The van der Waals surface area contributed by atoms with E-state index in [1.165, 1.54) is 44.9 Å². The second-order valence-electron chi connectivity index (χ2n) is 7.03. The summed E-state index contributed by atoms with van der Waals surface area (Å²) in [7, 11) is 0. The minimum absolute atomic E-state index is 0.343. The summed E-state index contributed by atoms with van der Waals surface area (Å²) in [6, 6.07) is 0. The molecule has 0 aliphatic heterocycles. The lowest BCUT2D eigenvalue weighted by Gasteiger charge is -2.00. The summed E-state index contributed by atoms with van der Waals surface area (Å²) in [6.45, 7) is 0.0406. The Labute approximate surface area is 191 Å². The van der Waals surface area contributed by atoms with Crippen molar-refractivity contribution in [3.05, 3.63) is 0 Å². The fourth-order valence-electron chi connectivity index (χ4n) is 1.76. The van der Waals surface area contributed by atoms with Crippen LogP contribution in [0.5, 0.6) is 0 Å².